The number of aryl methyl sites for hydroxylation is 2. The molecule has 0 spiro atoms. The molecular formula is C18H22OS. The molecule has 0 amide bonds. The van der Waals surface area contributed by atoms with Crippen LogP contribution in [0.15, 0.2) is 47.4 Å². The predicted molar refractivity (Wildman–Crippen MR) is 87.2 cm³/mol. The average molecular weight is 286 g/mol. The molecule has 0 aliphatic heterocycles. The van der Waals surface area contributed by atoms with Crippen LogP contribution in [0.4, 0.5) is 0 Å². The maximum atomic E-state index is 10.1. The Bertz CT molecular complexity index is 557. The number of hydrogen-bond donors (Lipinski definition) is 1. The molecule has 0 unspecified atom stereocenters. The summed E-state index contributed by atoms with van der Waals surface area (Å²) >= 11 is 1.80. The van der Waals surface area contributed by atoms with Gasteiger partial charge in [0.2, 0.25) is 0 Å². The predicted octanol–water partition coefficient (Wildman–Crippen LogP) is 5.04. The average Bonchev–Trinajstić information content (AvgIpc) is 2.43. The fraction of sp³-hybridized carbons (Fsp3) is 0.333. The summed E-state index contributed by atoms with van der Waals surface area (Å²) in [4.78, 5) is 1.18. The Hall–Kier alpha value is -1.25. The molecule has 106 valence electrons. The first-order valence-corrected chi connectivity index (χ1v) is 8.05. The van der Waals surface area contributed by atoms with Crippen molar-refractivity contribution in [1.29, 1.82) is 0 Å². The molecule has 2 aromatic carbocycles. The van der Waals surface area contributed by atoms with E-state index in [0.717, 1.165) is 17.7 Å². The van der Waals surface area contributed by atoms with Crippen LogP contribution in [-0.2, 0) is 5.75 Å². The number of thioether (sulfide) groups is 1. The van der Waals surface area contributed by atoms with E-state index in [-0.39, 0.29) is 6.10 Å². The van der Waals surface area contributed by atoms with Crippen LogP contribution >= 0.6 is 11.8 Å². The summed E-state index contributed by atoms with van der Waals surface area (Å²) in [6, 6.07) is 14.8. The lowest BCUT2D eigenvalue weighted by atomic mass is 10.1. The van der Waals surface area contributed by atoms with Crippen molar-refractivity contribution >= 4 is 11.8 Å². The summed E-state index contributed by atoms with van der Waals surface area (Å²) < 4.78 is 0. The van der Waals surface area contributed by atoms with E-state index < -0.39 is 0 Å². The molecule has 20 heavy (non-hydrogen) atoms. The minimum Gasteiger partial charge on any atom is -0.388 e. The Morgan fingerprint density at radius 3 is 2.35 bits per heavy atom. The van der Waals surface area contributed by atoms with Crippen LogP contribution in [0.5, 0.6) is 0 Å². The van der Waals surface area contributed by atoms with E-state index in [4.69, 9.17) is 0 Å². The van der Waals surface area contributed by atoms with Crippen molar-refractivity contribution in [2.75, 3.05) is 0 Å². The van der Waals surface area contributed by atoms with Crippen molar-refractivity contribution < 1.29 is 5.11 Å². The van der Waals surface area contributed by atoms with E-state index in [1.54, 1.807) is 11.8 Å². The molecule has 0 saturated carbocycles. The van der Waals surface area contributed by atoms with Crippen molar-refractivity contribution in [3.05, 3.63) is 64.7 Å². The molecule has 0 aliphatic rings. The lowest BCUT2D eigenvalue weighted by Gasteiger charge is -2.14. The molecule has 2 aromatic rings. The molecule has 0 aromatic heterocycles. The zero-order valence-electron chi connectivity index (χ0n) is 12.4. The molecule has 0 heterocycles. The molecule has 1 atom stereocenters. The monoisotopic (exact) mass is 286 g/mol. The first-order chi connectivity index (χ1) is 9.60. The van der Waals surface area contributed by atoms with Crippen LogP contribution in [0.3, 0.4) is 0 Å². The second-order valence-corrected chi connectivity index (χ2v) is 6.26. The molecule has 0 saturated heterocycles. The van der Waals surface area contributed by atoms with Gasteiger partial charge in [-0.15, -0.1) is 11.8 Å². The summed E-state index contributed by atoms with van der Waals surface area (Å²) in [5, 5.41) is 10.1. The molecule has 0 bridgehead atoms. The van der Waals surface area contributed by atoms with Gasteiger partial charge in [-0.05, 0) is 37.5 Å². The van der Waals surface area contributed by atoms with Gasteiger partial charge in [0, 0.05) is 10.6 Å². The van der Waals surface area contributed by atoms with Gasteiger partial charge in [0.1, 0.15) is 0 Å². The number of hydrogen-bond acceptors (Lipinski definition) is 2. The van der Waals surface area contributed by atoms with E-state index in [9.17, 15) is 5.11 Å². The van der Waals surface area contributed by atoms with E-state index in [0.29, 0.717) is 0 Å². The minimum atomic E-state index is -0.363. The first kappa shape index (κ1) is 15.1. The first-order valence-electron chi connectivity index (χ1n) is 7.07. The van der Waals surface area contributed by atoms with Crippen molar-refractivity contribution in [2.24, 2.45) is 0 Å². The quantitative estimate of drug-likeness (QED) is 0.777. The Morgan fingerprint density at radius 1 is 1.05 bits per heavy atom. The molecule has 2 rings (SSSR count). The smallest absolute Gasteiger partial charge is 0.0798 e. The fourth-order valence-corrected chi connectivity index (χ4v) is 3.45. The normalized spacial score (nSPS) is 12.4. The highest BCUT2D eigenvalue weighted by Gasteiger charge is 2.10. The minimum absolute atomic E-state index is 0.363. The SMILES string of the molecule is CC[C@H](O)c1ccccc1SCc1cc(C)cc(C)c1. The number of aliphatic hydroxyl groups excluding tert-OH is 1. The summed E-state index contributed by atoms with van der Waals surface area (Å²) in [6.45, 7) is 6.28. The zero-order valence-corrected chi connectivity index (χ0v) is 13.2. The maximum absolute atomic E-state index is 10.1. The second-order valence-electron chi connectivity index (χ2n) is 5.25. The third-order valence-electron chi connectivity index (χ3n) is 3.34. The highest BCUT2D eigenvalue weighted by atomic mass is 32.2. The van der Waals surface area contributed by atoms with Gasteiger partial charge in [0.05, 0.1) is 6.10 Å². The van der Waals surface area contributed by atoms with E-state index in [1.807, 2.05) is 25.1 Å². The molecular weight excluding hydrogens is 264 g/mol. The Balaban J connectivity index is 2.14. The fourth-order valence-electron chi connectivity index (χ4n) is 2.42. The van der Waals surface area contributed by atoms with Gasteiger partial charge in [0.25, 0.3) is 0 Å². The Morgan fingerprint density at radius 2 is 1.70 bits per heavy atom. The summed E-state index contributed by atoms with van der Waals surface area (Å²) in [5.74, 6) is 0.940. The van der Waals surface area contributed by atoms with Crippen molar-refractivity contribution in [3.63, 3.8) is 0 Å². The van der Waals surface area contributed by atoms with Crippen molar-refractivity contribution in [1.82, 2.24) is 0 Å². The zero-order chi connectivity index (χ0) is 14.5. The Kier molecular flexibility index (Phi) is 5.27. The highest BCUT2D eigenvalue weighted by Crippen LogP contribution is 2.31. The van der Waals surface area contributed by atoms with Crippen LogP contribution < -0.4 is 0 Å². The largest absolute Gasteiger partial charge is 0.388 e. The summed E-state index contributed by atoms with van der Waals surface area (Å²) in [6.07, 6.45) is 0.388. The Labute approximate surface area is 126 Å². The van der Waals surface area contributed by atoms with Gasteiger partial charge in [0.15, 0.2) is 0 Å². The standard InChI is InChI=1S/C18H22OS/c1-4-17(19)16-7-5-6-8-18(16)20-12-15-10-13(2)9-14(3)11-15/h5-11,17,19H,4,12H2,1-3H3/t17-/m0/s1. The van der Waals surface area contributed by atoms with Crippen LogP contribution in [0, 0.1) is 13.8 Å². The third kappa shape index (κ3) is 3.87. The van der Waals surface area contributed by atoms with Crippen molar-refractivity contribution in [3.8, 4) is 0 Å². The molecule has 0 radical (unpaired) electrons. The summed E-state index contributed by atoms with van der Waals surface area (Å²) in [5.41, 5.74) is 5.00. The number of aliphatic hydroxyl groups is 1. The molecule has 1 N–H and O–H groups in total. The van der Waals surface area contributed by atoms with Gasteiger partial charge in [-0.25, -0.2) is 0 Å². The maximum Gasteiger partial charge on any atom is 0.0798 e. The number of benzene rings is 2. The van der Waals surface area contributed by atoms with Gasteiger partial charge < -0.3 is 5.11 Å². The topological polar surface area (TPSA) is 20.2 Å². The van der Waals surface area contributed by atoms with Gasteiger partial charge >= 0.3 is 0 Å². The van der Waals surface area contributed by atoms with E-state index >= 15 is 0 Å². The van der Waals surface area contributed by atoms with E-state index in [1.165, 1.54) is 21.6 Å². The molecule has 0 aliphatic carbocycles. The third-order valence-corrected chi connectivity index (χ3v) is 4.50. The van der Waals surface area contributed by atoms with E-state index in [2.05, 4.69) is 38.1 Å². The lowest BCUT2D eigenvalue weighted by molar-refractivity contribution is 0.171. The van der Waals surface area contributed by atoms with Gasteiger partial charge in [-0.2, -0.15) is 0 Å². The lowest BCUT2D eigenvalue weighted by Crippen LogP contribution is -1.97. The highest BCUT2D eigenvalue weighted by molar-refractivity contribution is 7.98. The van der Waals surface area contributed by atoms with Crippen LogP contribution in [0.2, 0.25) is 0 Å². The molecule has 1 nitrogen and oxygen atoms in total. The summed E-state index contributed by atoms with van der Waals surface area (Å²) in [7, 11) is 0. The van der Waals surface area contributed by atoms with Gasteiger partial charge in [-0.3, -0.25) is 0 Å². The molecule has 2 heteroatoms. The van der Waals surface area contributed by atoms with Crippen LogP contribution in [0.1, 0.15) is 41.7 Å². The second kappa shape index (κ2) is 6.96. The molecule has 0 fully saturated rings. The number of rotatable bonds is 5. The van der Waals surface area contributed by atoms with Crippen LogP contribution in [-0.4, -0.2) is 5.11 Å². The van der Waals surface area contributed by atoms with Gasteiger partial charge in [-0.1, -0.05) is 54.4 Å². The van der Waals surface area contributed by atoms with Crippen molar-refractivity contribution in [2.45, 2.75) is 43.9 Å². The van der Waals surface area contributed by atoms with Crippen LogP contribution in [0.25, 0.3) is 0 Å².